The van der Waals surface area contributed by atoms with Crippen LogP contribution in [0.25, 0.3) is 0 Å². The Bertz CT molecular complexity index is 1460. The van der Waals surface area contributed by atoms with E-state index in [9.17, 15) is 14.4 Å². The van der Waals surface area contributed by atoms with Gasteiger partial charge in [0.2, 0.25) is 22.9 Å². The van der Waals surface area contributed by atoms with E-state index in [1.165, 1.54) is 11.3 Å². The van der Waals surface area contributed by atoms with Crippen LogP contribution in [0.15, 0.2) is 66.7 Å². The molecular formula is C30H34N8O3S. The van der Waals surface area contributed by atoms with Crippen molar-refractivity contribution in [2.45, 2.75) is 38.5 Å². The lowest BCUT2D eigenvalue weighted by atomic mass is 10.1. The molecule has 3 amide bonds. The number of nitrogens with zero attached hydrogens (tertiary/aromatic N) is 5. The van der Waals surface area contributed by atoms with Gasteiger partial charge in [-0.1, -0.05) is 53.8 Å². The number of hydrogen-bond donors (Lipinski definition) is 3. The molecule has 0 fully saturated rings. The van der Waals surface area contributed by atoms with Gasteiger partial charge in [-0.3, -0.25) is 14.4 Å². The number of aryl methyl sites for hydroxylation is 2. The minimum atomic E-state index is -0.180. The molecule has 218 valence electrons. The van der Waals surface area contributed by atoms with Crippen molar-refractivity contribution >= 4 is 45.7 Å². The molecular weight excluding hydrogens is 552 g/mol. The van der Waals surface area contributed by atoms with Crippen LogP contribution in [0, 0.1) is 0 Å². The molecule has 0 spiro atoms. The average molecular weight is 587 g/mol. The highest BCUT2D eigenvalue weighted by Gasteiger charge is 2.11. The predicted molar refractivity (Wildman–Crippen MR) is 163 cm³/mol. The van der Waals surface area contributed by atoms with Crippen molar-refractivity contribution in [1.29, 1.82) is 0 Å². The second kappa shape index (κ2) is 15.5. The zero-order valence-electron chi connectivity index (χ0n) is 23.7. The van der Waals surface area contributed by atoms with E-state index in [2.05, 4.69) is 36.3 Å². The molecule has 0 aliphatic rings. The van der Waals surface area contributed by atoms with E-state index in [1.807, 2.05) is 62.6 Å². The fourth-order valence-corrected chi connectivity index (χ4v) is 4.86. The Hall–Kier alpha value is -4.55. The lowest BCUT2D eigenvalue weighted by Crippen LogP contribution is -2.27. The minimum Gasteiger partial charge on any atom is -0.325 e. The van der Waals surface area contributed by atoms with Crippen molar-refractivity contribution in [3.05, 3.63) is 88.6 Å². The van der Waals surface area contributed by atoms with E-state index in [1.54, 1.807) is 23.1 Å². The number of likely N-dealkylation sites (N-methyl/N-ethyl adjacent to an activating group) is 1. The van der Waals surface area contributed by atoms with Crippen LogP contribution in [0.5, 0.6) is 0 Å². The Morgan fingerprint density at radius 2 is 1.38 bits per heavy atom. The van der Waals surface area contributed by atoms with Gasteiger partial charge in [0.1, 0.15) is 5.01 Å². The van der Waals surface area contributed by atoms with E-state index in [0.717, 1.165) is 47.5 Å². The van der Waals surface area contributed by atoms with E-state index >= 15 is 0 Å². The summed E-state index contributed by atoms with van der Waals surface area (Å²) in [6.45, 7) is 0.300. The SMILES string of the molecule is CN(C)CC(=O)Nc1ccc(CC(=O)Nc2nnc(CCCCc3ccc(NC(=O)Cc4ccccc4)nn3)s2)cc1. The first-order chi connectivity index (χ1) is 20.3. The second-order valence-electron chi connectivity index (χ2n) is 10.0. The smallest absolute Gasteiger partial charge is 0.238 e. The second-order valence-corrected chi connectivity index (χ2v) is 11.1. The number of carbonyl (C=O) groups is 3. The maximum Gasteiger partial charge on any atom is 0.238 e. The van der Waals surface area contributed by atoms with Crippen LogP contribution in [0.1, 0.15) is 34.7 Å². The molecule has 0 bridgehead atoms. The molecule has 0 radical (unpaired) electrons. The maximum atomic E-state index is 12.5. The summed E-state index contributed by atoms with van der Waals surface area (Å²) in [5, 5.41) is 26.4. The Morgan fingerprint density at radius 1 is 0.690 bits per heavy atom. The highest BCUT2D eigenvalue weighted by atomic mass is 32.1. The number of benzene rings is 2. The van der Waals surface area contributed by atoms with Gasteiger partial charge in [-0.05, 0) is 68.8 Å². The summed E-state index contributed by atoms with van der Waals surface area (Å²) in [6, 6.07) is 20.4. The van der Waals surface area contributed by atoms with Crippen LogP contribution in [0.3, 0.4) is 0 Å². The zero-order valence-corrected chi connectivity index (χ0v) is 24.5. The van der Waals surface area contributed by atoms with E-state index in [0.29, 0.717) is 23.2 Å². The Balaban J connectivity index is 1.13. The highest BCUT2D eigenvalue weighted by molar-refractivity contribution is 7.15. The van der Waals surface area contributed by atoms with Gasteiger partial charge in [-0.25, -0.2) is 0 Å². The van der Waals surface area contributed by atoms with Crippen molar-refractivity contribution in [3.8, 4) is 0 Å². The van der Waals surface area contributed by atoms with Crippen molar-refractivity contribution in [2.24, 2.45) is 0 Å². The number of hydrogen-bond acceptors (Lipinski definition) is 9. The van der Waals surface area contributed by atoms with Crippen LogP contribution in [-0.4, -0.2) is 63.7 Å². The molecule has 0 atom stereocenters. The number of rotatable bonds is 14. The van der Waals surface area contributed by atoms with Gasteiger partial charge in [0, 0.05) is 12.1 Å². The Labute approximate surface area is 248 Å². The normalized spacial score (nSPS) is 10.8. The lowest BCUT2D eigenvalue weighted by molar-refractivity contribution is -0.117. The van der Waals surface area contributed by atoms with Gasteiger partial charge in [0.25, 0.3) is 0 Å². The molecule has 4 aromatic rings. The fourth-order valence-electron chi connectivity index (χ4n) is 4.06. The molecule has 12 heteroatoms. The summed E-state index contributed by atoms with van der Waals surface area (Å²) in [4.78, 5) is 38.3. The molecule has 2 aromatic heterocycles. The third-order valence-electron chi connectivity index (χ3n) is 6.04. The number of carbonyl (C=O) groups excluding carboxylic acids is 3. The Kier molecular flexibility index (Phi) is 11.2. The van der Waals surface area contributed by atoms with Crippen LogP contribution < -0.4 is 16.0 Å². The van der Waals surface area contributed by atoms with Gasteiger partial charge in [-0.15, -0.1) is 15.3 Å². The van der Waals surface area contributed by atoms with Crippen molar-refractivity contribution in [3.63, 3.8) is 0 Å². The van der Waals surface area contributed by atoms with E-state index in [4.69, 9.17) is 0 Å². The molecule has 2 heterocycles. The van der Waals surface area contributed by atoms with Crippen LogP contribution in [-0.2, 0) is 40.1 Å². The van der Waals surface area contributed by atoms with Gasteiger partial charge >= 0.3 is 0 Å². The summed E-state index contributed by atoms with van der Waals surface area (Å²) in [7, 11) is 3.66. The van der Waals surface area contributed by atoms with E-state index < -0.39 is 0 Å². The first-order valence-electron chi connectivity index (χ1n) is 13.6. The number of unbranched alkanes of at least 4 members (excludes halogenated alkanes) is 1. The number of aromatic nitrogens is 4. The number of amides is 3. The van der Waals surface area contributed by atoms with Crippen LogP contribution in [0.2, 0.25) is 0 Å². The third-order valence-corrected chi connectivity index (χ3v) is 6.94. The quantitative estimate of drug-likeness (QED) is 0.190. The minimum absolute atomic E-state index is 0.0955. The van der Waals surface area contributed by atoms with Crippen molar-refractivity contribution < 1.29 is 14.4 Å². The molecule has 0 saturated carbocycles. The monoisotopic (exact) mass is 586 g/mol. The van der Waals surface area contributed by atoms with E-state index in [-0.39, 0.29) is 30.6 Å². The molecule has 0 aliphatic heterocycles. The molecule has 3 N–H and O–H groups in total. The summed E-state index contributed by atoms with van der Waals surface area (Å²) in [5.41, 5.74) is 3.31. The molecule has 0 unspecified atom stereocenters. The predicted octanol–water partition coefficient (Wildman–Crippen LogP) is 3.76. The van der Waals surface area contributed by atoms with Crippen LogP contribution >= 0.6 is 11.3 Å². The zero-order chi connectivity index (χ0) is 29.7. The number of nitrogens with one attached hydrogen (secondary N) is 3. The summed E-state index contributed by atoms with van der Waals surface area (Å²) < 4.78 is 0. The van der Waals surface area contributed by atoms with Gasteiger partial charge in [-0.2, -0.15) is 5.10 Å². The maximum absolute atomic E-state index is 12.5. The first kappa shape index (κ1) is 30.4. The summed E-state index contributed by atoms with van der Waals surface area (Å²) in [6.07, 6.45) is 3.76. The van der Waals surface area contributed by atoms with Gasteiger partial charge < -0.3 is 20.9 Å². The third kappa shape index (κ3) is 10.5. The largest absolute Gasteiger partial charge is 0.325 e. The summed E-state index contributed by atoms with van der Waals surface area (Å²) in [5.74, 6) is 0.0268. The molecule has 0 aliphatic carbocycles. The molecule has 11 nitrogen and oxygen atoms in total. The topological polar surface area (TPSA) is 142 Å². The van der Waals surface area contributed by atoms with Gasteiger partial charge in [0.15, 0.2) is 5.82 Å². The molecule has 2 aromatic carbocycles. The lowest BCUT2D eigenvalue weighted by Gasteiger charge is -2.10. The van der Waals surface area contributed by atoms with Crippen LogP contribution in [0.4, 0.5) is 16.6 Å². The highest BCUT2D eigenvalue weighted by Crippen LogP contribution is 2.18. The number of anilines is 3. The van der Waals surface area contributed by atoms with Gasteiger partial charge in [0.05, 0.1) is 25.1 Å². The standard InChI is InChI=1S/C30H34N8O3S/c1-38(2)20-28(41)31-23-14-12-22(13-15-23)19-27(40)33-30-37-36-29(42-30)11-7-6-10-24-16-17-25(35-34-24)32-26(39)18-21-8-4-3-5-9-21/h3-5,8-9,12-17H,6-7,10-11,18-20H2,1-2H3,(H,31,41)(H,32,35,39)(H,33,37,40). The van der Waals surface area contributed by atoms with Crippen molar-refractivity contribution in [2.75, 3.05) is 36.6 Å². The average Bonchev–Trinajstić information content (AvgIpc) is 3.40. The molecule has 4 rings (SSSR count). The molecule has 0 saturated heterocycles. The molecule has 42 heavy (non-hydrogen) atoms. The first-order valence-corrected chi connectivity index (χ1v) is 14.5. The van der Waals surface area contributed by atoms with Crippen molar-refractivity contribution in [1.82, 2.24) is 25.3 Å². The fraction of sp³-hybridized carbons (Fsp3) is 0.300. The summed E-state index contributed by atoms with van der Waals surface area (Å²) >= 11 is 1.37. The Morgan fingerprint density at radius 3 is 2.07 bits per heavy atom.